The zero-order chi connectivity index (χ0) is 17.1. The highest BCUT2D eigenvalue weighted by Crippen LogP contribution is 2.12. The monoisotopic (exact) mass is 345 g/mol. The predicted molar refractivity (Wildman–Crippen MR) is 101 cm³/mol. The summed E-state index contributed by atoms with van der Waals surface area (Å²) in [5.41, 5.74) is 1.81. The Hall–Kier alpha value is -3.05. The molecule has 4 rings (SSSR count). The minimum Gasteiger partial charge on any atom is -0.279 e. The molecule has 0 saturated heterocycles. The number of benzene rings is 2. The molecule has 5 heteroatoms. The van der Waals surface area contributed by atoms with Crippen molar-refractivity contribution in [2.24, 2.45) is 4.99 Å². The van der Waals surface area contributed by atoms with Crippen LogP contribution in [0.1, 0.15) is 5.56 Å². The van der Waals surface area contributed by atoms with Crippen LogP contribution in [-0.2, 0) is 6.54 Å². The first-order valence-corrected chi connectivity index (χ1v) is 8.75. The Bertz CT molecular complexity index is 1130. The maximum atomic E-state index is 13.0. The summed E-state index contributed by atoms with van der Waals surface area (Å²) < 4.78 is 1.72. The zero-order valence-corrected chi connectivity index (χ0v) is 14.2. The van der Waals surface area contributed by atoms with Crippen LogP contribution in [0.25, 0.3) is 10.2 Å². The number of hydrogen-bond acceptors (Lipinski definition) is 4. The summed E-state index contributed by atoms with van der Waals surface area (Å²) in [5.74, 6) is 0. The zero-order valence-electron chi connectivity index (χ0n) is 13.4. The Morgan fingerprint density at radius 3 is 2.40 bits per heavy atom. The van der Waals surface area contributed by atoms with Crippen molar-refractivity contribution in [2.45, 2.75) is 6.54 Å². The Morgan fingerprint density at radius 1 is 0.920 bits per heavy atom. The molecule has 0 aliphatic rings. The number of pyridine rings is 1. The van der Waals surface area contributed by atoms with Crippen molar-refractivity contribution in [2.75, 3.05) is 0 Å². The van der Waals surface area contributed by atoms with Crippen LogP contribution < -0.4 is 10.4 Å². The third-order valence-corrected chi connectivity index (χ3v) is 4.84. The van der Waals surface area contributed by atoms with E-state index in [1.807, 2.05) is 66.7 Å². The molecule has 122 valence electrons. The van der Waals surface area contributed by atoms with Gasteiger partial charge in [0.15, 0.2) is 4.80 Å². The maximum Gasteiger partial charge on any atom is 0.263 e. The van der Waals surface area contributed by atoms with E-state index in [2.05, 4.69) is 9.98 Å². The summed E-state index contributed by atoms with van der Waals surface area (Å²) in [4.78, 5) is 23.4. The second kappa shape index (κ2) is 6.83. The number of hydrogen-bond donors (Lipinski definition) is 0. The molecular formula is C20H15N3OS. The lowest BCUT2D eigenvalue weighted by molar-refractivity contribution is 0.739. The minimum absolute atomic E-state index is 0.0691. The van der Waals surface area contributed by atoms with Gasteiger partial charge in [-0.1, -0.05) is 59.9 Å². The van der Waals surface area contributed by atoms with Crippen LogP contribution in [0.5, 0.6) is 0 Å². The molecule has 0 bridgehead atoms. The summed E-state index contributed by atoms with van der Waals surface area (Å²) in [6, 6.07) is 23.2. The van der Waals surface area contributed by atoms with E-state index in [0.29, 0.717) is 21.6 Å². The minimum atomic E-state index is -0.0691. The van der Waals surface area contributed by atoms with Gasteiger partial charge in [-0.3, -0.25) is 9.36 Å². The molecule has 0 atom stereocenters. The van der Waals surface area contributed by atoms with Gasteiger partial charge in [-0.05, 0) is 29.8 Å². The van der Waals surface area contributed by atoms with Gasteiger partial charge in [-0.15, -0.1) is 0 Å². The smallest absolute Gasteiger partial charge is 0.263 e. The summed E-state index contributed by atoms with van der Waals surface area (Å²) in [6.45, 7) is 0.479. The number of rotatable bonds is 3. The summed E-state index contributed by atoms with van der Waals surface area (Å²) >= 11 is 1.43. The van der Waals surface area contributed by atoms with Crippen molar-refractivity contribution < 1.29 is 0 Å². The standard InChI is InChI=1S/C20H15N3OS/c24-19-17-12-7-13-21-18(17)25-20(22-16-10-5-2-6-11-16)23(19)14-15-8-3-1-4-9-15/h1-13H,14H2. The van der Waals surface area contributed by atoms with Gasteiger partial charge in [0.05, 0.1) is 17.6 Å². The molecule has 2 heterocycles. The fourth-order valence-corrected chi connectivity index (χ4v) is 3.57. The number of aromatic nitrogens is 2. The van der Waals surface area contributed by atoms with Gasteiger partial charge in [0.2, 0.25) is 0 Å². The second-order valence-electron chi connectivity index (χ2n) is 5.57. The normalized spacial score (nSPS) is 11.8. The van der Waals surface area contributed by atoms with E-state index in [4.69, 9.17) is 0 Å². The number of para-hydroxylation sites is 1. The van der Waals surface area contributed by atoms with Crippen molar-refractivity contribution in [3.05, 3.63) is 99.7 Å². The third kappa shape index (κ3) is 3.27. The van der Waals surface area contributed by atoms with Crippen molar-refractivity contribution >= 4 is 27.2 Å². The molecule has 0 aliphatic carbocycles. The summed E-state index contributed by atoms with van der Waals surface area (Å²) in [6.07, 6.45) is 1.70. The van der Waals surface area contributed by atoms with Gasteiger partial charge in [0, 0.05) is 6.20 Å². The summed E-state index contributed by atoms with van der Waals surface area (Å²) in [5, 5.41) is 0.621. The SMILES string of the molecule is O=c1c2cccnc2sc(=Nc2ccccc2)n1Cc1ccccc1. The third-order valence-electron chi connectivity index (χ3n) is 3.83. The topological polar surface area (TPSA) is 47.2 Å². The van der Waals surface area contributed by atoms with E-state index in [1.54, 1.807) is 16.8 Å². The molecule has 4 aromatic rings. The molecule has 0 amide bonds. The lowest BCUT2D eigenvalue weighted by atomic mass is 10.2. The average molecular weight is 345 g/mol. The average Bonchev–Trinajstić information content (AvgIpc) is 2.67. The first-order chi connectivity index (χ1) is 12.3. The van der Waals surface area contributed by atoms with E-state index in [9.17, 15) is 4.79 Å². The van der Waals surface area contributed by atoms with E-state index in [0.717, 1.165) is 11.3 Å². The van der Waals surface area contributed by atoms with Gasteiger partial charge in [-0.2, -0.15) is 0 Å². The van der Waals surface area contributed by atoms with Gasteiger partial charge >= 0.3 is 0 Å². The van der Waals surface area contributed by atoms with E-state index < -0.39 is 0 Å². The number of nitrogens with zero attached hydrogens (tertiary/aromatic N) is 3. The highest BCUT2D eigenvalue weighted by atomic mass is 32.1. The van der Waals surface area contributed by atoms with Crippen LogP contribution in [0.15, 0.2) is 88.8 Å². The molecule has 0 saturated carbocycles. The molecule has 25 heavy (non-hydrogen) atoms. The van der Waals surface area contributed by atoms with Crippen LogP contribution in [0.2, 0.25) is 0 Å². The van der Waals surface area contributed by atoms with Gasteiger partial charge in [-0.25, -0.2) is 9.98 Å². The first kappa shape index (κ1) is 15.5. The van der Waals surface area contributed by atoms with Crippen molar-refractivity contribution in [1.82, 2.24) is 9.55 Å². The van der Waals surface area contributed by atoms with E-state index in [1.165, 1.54) is 11.3 Å². The quantitative estimate of drug-likeness (QED) is 0.568. The van der Waals surface area contributed by atoms with Crippen molar-refractivity contribution in [3.63, 3.8) is 0 Å². The van der Waals surface area contributed by atoms with Gasteiger partial charge in [0.25, 0.3) is 5.56 Å². The van der Waals surface area contributed by atoms with Crippen LogP contribution in [0, 0.1) is 0 Å². The van der Waals surface area contributed by atoms with Crippen molar-refractivity contribution in [3.8, 4) is 0 Å². The molecule has 0 fully saturated rings. The van der Waals surface area contributed by atoms with Crippen molar-refractivity contribution in [1.29, 1.82) is 0 Å². The summed E-state index contributed by atoms with van der Waals surface area (Å²) in [7, 11) is 0. The molecule has 0 spiro atoms. The highest BCUT2D eigenvalue weighted by Gasteiger charge is 2.08. The molecule has 4 nitrogen and oxygen atoms in total. The fourth-order valence-electron chi connectivity index (χ4n) is 2.61. The number of fused-ring (bicyclic) bond motifs is 1. The van der Waals surface area contributed by atoms with E-state index in [-0.39, 0.29) is 5.56 Å². The molecule has 0 N–H and O–H groups in total. The van der Waals surface area contributed by atoms with Gasteiger partial charge in [0.1, 0.15) is 4.83 Å². The molecule has 0 unspecified atom stereocenters. The van der Waals surface area contributed by atoms with Crippen LogP contribution in [-0.4, -0.2) is 9.55 Å². The molecule has 2 aromatic heterocycles. The van der Waals surface area contributed by atoms with Crippen LogP contribution >= 0.6 is 11.3 Å². The van der Waals surface area contributed by atoms with Crippen LogP contribution in [0.4, 0.5) is 5.69 Å². The lowest BCUT2D eigenvalue weighted by Crippen LogP contribution is -2.32. The Kier molecular flexibility index (Phi) is 4.23. The Balaban J connectivity index is 1.98. The Labute approximate surface area is 148 Å². The molecular weight excluding hydrogens is 330 g/mol. The molecule has 0 radical (unpaired) electrons. The highest BCUT2D eigenvalue weighted by molar-refractivity contribution is 7.15. The van der Waals surface area contributed by atoms with Crippen LogP contribution in [0.3, 0.4) is 0 Å². The fraction of sp³-hybridized carbons (Fsp3) is 0.0500. The lowest BCUT2D eigenvalue weighted by Gasteiger charge is -2.08. The second-order valence-corrected chi connectivity index (χ2v) is 6.52. The first-order valence-electron chi connectivity index (χ1n) is 7.94. The molecule has 2 aromatic carbocycles. The Morgan fingerprint density at radius 2 is 1.64 bits per heavy atom. The van der Waals surface area contributed by atoms with Gasteiger partial charge < -0.3 is 0 Å². The maximum absolute atomic E-state index is 13.0. The largest absolute Gasteiger partial charge is 0.279 e. The molecule has 0 aliphatic heterocycles. The van der Waals surface area contributed by atoms with E-state index >= 15 is 0 Å². The predicted octanol–water partition coefficient (Wildman–Crippen LogP) is 3.74.